The van der Waals surface area contributed by atoms with Crippen LogP contribution in [0.15, 0.2) is 0 Å². The van der Waals surface area contributed by atoms with Gasteiger partial charge in [-0.15, -0.1) is 0 Å². The Morgan fingerprint density at radius 3 is 2.65 bits per heavy atom. The smallest absolute Gasteiger partial charge is 0.318 e. The van der Waals surface area contributed by atoms with Crippen molar-refractivity contribution >= 4 is 11.9 Å². The molecule has 0 atom stereocenters. The highest BCUT2D eigenvalue weighted by atomic mass is 16.2. The zero-order valence-corrected chi connectivity index (χ0v) is 10.4. The van der Waals surface area contributed by atoms with E-state index < -0.39 is 0 Å². The molecule has 0 spiro atoms. The normalized spacial score (nSPS) is 22.8. The van der Waals surface area contributed by atoms with Crippen molar-refractivity contribution in [1.29, 1.82) is 0 Å². The fourth-order valence-corrected chi connectivity index (χ4v) is 2.50. The molecule has 17 heavy (non-hydrogen) atoms. The predicted octanol–water partition coefficient (Wildman–Crippen LogP) is 0.803. The van der Waals surface area contributed by atoms with E-state index in [-0.39, 0.29) is 18.5 Å². The van der Waals surface area contributed by atoms with E-state index in [0.29, 0.717) is 12.6 Å². The van der Waals surface area contributed by atoms with E-state index in [1.54, 1.807) is 16.8 Å². The summed E-state index contributed by atoms with van der Waals surface area (Å²) in [5, 5.41) is 3.03. The lowest BCUT2D eigenvalue weighted by molar-refractivity contribution is -0.129. The standard InChI is InChI=1S/C12H21N3O2/c1-14-7-4-8-15(9-11(14)16)12(17)13-10-5-2-3-6-10/h10H,2-9H2,1H3,(H,13,17). The van der Waals surface area contributed by atoms with E-state index in [1.807, 2.05) is 0 Å². The summed E-state index contributed by atoms with van der Waals surface area (Å²) in [4.78, 5) is 27.0. The lowest BCUT2D eigenvalue weighted by Crippen LogP contribution is -2.46. The van der Waals surface area contributed by atoms with Crippen LogP contribution in [-0.2, 0) is 4.79 Å². The van der Waals surface area contributed by atoms with Crippen LogP contribution in [0.4, 0.5) is 4.79 Å². The lowest BCUT2D eigenvalue weighted by atomic mass is 10.2. The number of rotatable bonds is 1. The lowest BCUT2D eigenvalue weighted by Gasteiger charge is -2.22. The summed E-state index contributed by atoms with van der Waals surface area (Å²) < 4.78 is 0. The minimum absolute atomic E-state index is 0.0315. The average molecular weight is 239 g/mol. The van der Waals surface area contributed by atoms with Gasteiger partial charge in [-0.25, -0.2) is 4.79 Å². The van der Waals surface area contributed by atoms with Crippen LogP contribution in [-0.4, -0.2) is 54.5 Å². The van der Waals surface area contributed by atoms with E-state index in [4.69, 9.17) is 0 Å². The summed E-state index contributed by atoms with van der Waals surface area (Å²) in [7, 11) is 1.79. The first-order chi connectivity index (χ1) is 8.16. The monoisotopic (exact) mass is 239 g/mol. The number of likely N-dealkylation sites (N-methyl/N-ethyl adjacent to an activating group) is 1. The number of hydrogen-bond acceptors (Lipinski definition) is 2. The van der Waals surface area contributed by atoms with Gasteiger partial charge in [0.1, 0.15) is 6.54 Å². The van der Waals surface area contributed by atoms with Crippen molar-refractivity contribution < 1.29 is 9.59 Å². The summed E-state index contributed by atoms with van der Waals surface area (Å²) in [5.74, 6) is 0.0315. The Hall–Kier alpha value is -1.26. The van der Waals surface area contributed by atoms with Crippen molar-refractivity contribution in [3.8, 4) is 0 Å². The molecule has 1 N–H and O–H groups in total. The van der Waals surface area contributed by atoms with E-state index in [9.17, 15) is 9.59 Å². The number of hydrogen-bond donors (Lipinski definition) is 1. The van der Waals surface area contributed by atoms with Crippen LogP contribution in [0.3, 0.4) is 0 Å². The summed E-state index contributed by atoms with van der Waals surface area (Å²) >= 11 is 0. The van der Waals surface area contributed by atoms with E-state index >= 15 is 0 Å². The fraction of sp³-hybridized carbons (Fsp3) is 0.833. The molecule has 0 aromatic heterocycles. The molecule has 0 bridgehead atoms. The van der Waals surface area contributed by atoms with Gasteiger partial charge < -0.3 is 15.1 Å². The van der Waals surface area contributed by atoms with Crippen LogP contribution in [0.1, 0.15) is 32.1 Å². The van der Waals surface area contributed by atoms with Crippen molar-refractivity contribution in [2.75, 3.05) is 26.7 Å². The molecule has 2 rings (SSSR count). The Bertz CT molecular complexity index is 300. The molecule has 5 heteroatoms. The molecular formula is C12H21N3O2. The molecule has 0 aromatic rings. The topological polar surface area (TPSA) is 52.6 Å². The number of carbonyl (C=O) groups excluding carboxylic acids is 2. The van der Waals surface area contributed by atoms with Crippen molar-refractivity contribution in [2.45, 2.75) is 38.1 Å². The molecule has 0 aromatic carbocycles. The highest BCUT2D eigenvalue weighted by molar-refractivity contribution is 5.84. The highest BCUT2D eigenvalue weighted by Crippen LogP contribution is 2.18. The first-order valence-corrected chi connectivity index (χ1v) is 6.46. The van der Waals surface area contributed by atoms with E-state index in [0.717, 1.165) is 25.8 Å². The highest BCUT2D eigenvalue weighted by Gasteiger charge is 2.25. The Morgan fingerprint density at radius 2 is 1.94 bits per heavy atom. The second-order valence-corrected chi connectivity index (χ2v) is 5.02. The zero-order valence-electron chi connectivity index (χ0n) is 10.4. The maximum atomic E-state index is 12.0. The van der Waals surface area contributed by atoms with Crippen molar-refractivity contribution in [3.63, 3.8) is 0 Å². The first kappa shape index (κ1) is 12.2. The van der Waals surface area contributed by atoms with Crippen LogP contribution in [0.5, 0.6) is 0 Å². The second-order valence-electron chi connectivity index (χ2n) is 5.02. The number of urea groups is 1. The van der Waals surface area contributed by atoms with Crippen LogP contribution in [0.25, 0.3) is 0 Å². The SMILES string of the molecule is CN1CCCN(C(=O)NC2CCCC2)CC1=O. The molecule has 0 radical (unpaired) electrons. The van der Waals surface area contributed by atoms with Crippen LogP contribution < -0.4 is 5.32 Å². The summed E-state index contributed by atoms with van der Waals surface area (Å²) in [5.41, 5.74) is 0. The van der Waals surface area contributed by atoms with Gasteiger partial charge >= 0.3 is 6.03 Å². The number of carbonyl (C=O) groups is 2. The van der Waals surface area contributed by atoms with Crippen LogP contribution >= 0.6 is 0 Å². The Balaban J connectivity index is 1.87. The van der Waals surface area contributed by atoms with Gasteiger partial charge in [-0.3, -0.25) is 4.79 Å². The third kappa shape index (κ3) is 3.11. The number of nitrogens with zero attached hydrogens (tertiary/aromatic N) is 2. The Morgan fingerprint density at radius 1 is 1.24 bits per heavy atom. The summed E-state index contributed by atoms with van der Waals surface area (Å²) in [6, 6.07) is 0.249. The molecule has 2 fully saturated rings. The van der Waals surface area contributed by atoms with Gasteiger partial charge in [0.05, 0.1) is 0 Å². The van der Waals surface area contributed by atoms with Crippen LogP contribution in [0, 0.1) is 0 Å². The van der Waals surface area contributed by atoms with Gasteiger partial charge in [0, 0.05) is 26.2 Å². The molecule has 1 saturated carbocycles. The van der Waals surface area contributed by atoms with Crippen molar-refractivity contribution in [1.82, 2.24) is 15.1 Å². The van der Waals surface area contributed by atoms with Gasteiger partial charge in [-0.05, 0) is 19.3 Å². The first-order valence-electron chi connectivity index (χ1n) is 6.46. The van der Waals surface area contributed by atoms with Crippen molar-refractivity contribution in [2.24, 2.45) is 0 Å². The van der Waals surface area contributed by atoms with Gasteiger partial charge in [0.15, 0.2) is 0 Å². The minimum Gasteiger partial charge on any atom is -0.344 e. The molecule has 96 valence electrons. The molecule has 2 aliphatic rings. The quantitative estimate of drug-likeness (QED) is 0.736. The average Bonchev–Trinajstić information content (AvgIpc) is 2.73. The predicted molar refractivity (Wildman–Crippen MR) is 64.6 cm³/mol. The Kier molecular flexibility index (Phi) is 3.86. The number of nitrogens with one attached hydrogen (secondary N) is 1. The third-order valence-corrected chi connectivity index (χ3v) is 3.64. The molecule has 1 saturated heterocycles. The van der Waals surface area contributed by atoms with E-state index in [2.05, 4.69) is 5.32 Å². The fourth-order valence-electron chi connectivity index (χ4n) is 2.50. The minimum atomic E-state index is -0.0689. The molecule has 1 aliphatic carbocycles. The molecule has 1 heterocycles. The Labute approximate surface area is 102 Å². The van der Waals surface area contributed by atoms with Crippen LogP contribution in [0.2, 0.25) is 0 Å². The van der Waals surface area contributed by atoms with Gasteiger partial charge in [0.2, 0.25) is 5.91 Å². The third-order valence-electron chi connectivity index (χ3n) is 3.64. The molecule has 1 aliphatic heterocycles. The molecule has 0 unspecified atom stereocenters. The second kappa shape index (κ2) is 5.38. The van der Waals surface area contributed by atoms with Gasteiger partial charge in [0.25, 0.3) is 0 Å². The molecule has 3 amide bonds. The van der Waals surface area contributed by atoms with Gasteiger partial charge in [-0.2, -0.15) is 0 Å². The number of amides is 3. The molecular weight excluding hydrogens is 218 g/mol. The largest absolute Gasteiger partial charge is 0.344 e. The van der Waals surface area contributed by atoms with Gasteiger partial charge in [-0.1, -0.05) is 12.8 Å². The van der Waals surface area contributed by atoms with Crippen molar-refractivity contribution in [3.05, 3.63) is 0 Å². The summed E-state index contributed by atoms with van der Waals surface area (Å²) in [6.45, 7) is 1.63. The van der Waals surface area contributed by atoms with E-state index in [1.165, 1.54) is 12.8 Å². The zero-order chi connectivity index (χ0) is 12.3. The maximum absolute atomic E-state index is 12.0. The molecule has 5 nitrogen and oxygen atoms in total. The summed E-state index contributed by atoms with van der Waals surface area (Å²) in [6.07, 6.45) is 5.42. The maximum Gasteiger partial charge on any atom is 0.318 e.